The van der Waals surface area contributed by atoms with Crippen molar-refractivity contribution in [3.05, 3.63) is 0 Å². The molecule has 78 valence electrons. The minimum atomic E-state index is 0.711. The molecule has 13 heavy (non-hydrogen) atoms. The van der Waals surface area contributed by atoms with E-state index in [1.54, 1.807) is 0 Å². The fourth-order valence-electron chi connectivity index (χ4n) is 3.91. The first-order chi connectivity index (χ1) is 6.01. The molecular formula is C13H26. The van der Waals surface area contributed by atoms with Gasteiger partial charge in [0.2, 0.25) is 0 Å². The Labute approximate surface area is 84.1 Å². The van der Waals surface area contributed by atoms with Crippen molar-refractivity contribution >= 4 is 0 Å². The lowest BCUT2D eigenvalue weighted by Gasteiger charge is -2.15. The van der Waals surface area contributed by atoms with Gasteiger partial charge in [0, 0.05) is 0 Å². The van der Waals surface area contributed by atoms with Gasteiger partial charge in [0.15, 0.2) is 0 Å². The van der Waals surface area contributed by atoms with Gasteiger partial charge in [0.05, 0.1) is 0 Å². The Morgan fingerprint density at radius 1 is 0.846 bits per heavy atom. The third kappa shape index (κ3) is 1.53. The van der Waals surface area contributed by atoms with Crippen LogP contribution in [0.1, 0.15) is 54.4 Å². The van der Waals surface area contributed by atoms with Crippen molar-refractivity contribution in [3.8, 4) is 0 Å². The minimum Gasteiger partial charge on any atom is -0.0648 e. The van der Waals surface area contributed by atoms with Crippen LogP contribution in [0.4, 0.5) is 0 Å². The highest BCUT2D eigenvalue weighted by Crippen LogP contribution is 2.68. The van der Waals surface area contributed by atoms with Crippen LogP contribution in [0, 0.1) is 29.1 Å². The minimum absolute atomic E-state index is 0.711. The molecular weight excluding hydrogens is 156 g/mol. The van der Waals surface area contributed by atoms with Crippen LogP contribution in [0.15, 0.2) is 0 Å². The molecule has 1 saturated carbocycles. The highest BCUT2D eigenvalue weighted by Gasteiger charge is 2.63. The van der Waals surface area contributed by atoms with E-state index in [0.29, 0.717) is 5.41 Å². The fourth-order valence-corrected chi connectivity index (χ4v) is 3.91. The highest BCUT2D eigenvalue weighted by atomic mass is 14.7. The molecule has 1 aliphatic carbocycles. The monoisotopic (exact) mass is 182 g/mol. The molecule has 2 unspecified atom stereocenters. The first-order valence-electron chi connectivity index (χ1n) is 6.01. The second kappa shape index (κ2) is 3.63. The zero-order valence-corrected chi connectivity index (χ0v) is 10.2. The van der Waals surface area contributed by atoms with Gasteiger partial charge < -0.3 is 0 Å². The van der Waals surface area contributed by atoms with Gasteiger partial charge >= 0.3 is 0 Å². The van der Waals surface area contributed by atoms with Crippen LogP contribution in [0.5, 0.6) is 0 Å². The number of rotatable bonds is 4. The topological polar surface area (TPSA) is 0 Å². The van der Waals surface area contributed by atoms with E-state index in [-0.39, 0.29) is 0 Å². The van der Waals surface area contributed by atoms with E-state index in [2.05, 4.69) is 41.5 Å². The Hall–Kier alpha value is 0. The summed E-state index contributed by atoms with van der Waals surface area (Å²) in [6.07, 6.45) is 2.77. The maximum absolute atomic E-state index is 2.40. The van der Waals surface area contributed by atoms with E-state index in [9.17, 15) is 0 Å². The van der Waals surface area contributed by atoms with Gasteiger partial charge in [-0.2, -0.15) is 0 Å². The summed E-state index contributed by atoms with van der Waals surface area (Å²) in [4.78, 5) is 0. The Bertz CT molecular complexity index is 147. The zero-order chi connectivity index (χ0) is 10.2. The quantitative estimate of drug-likeness (QED) is 0.606. The molecule has 0 heteroatoms. The van der Waals surface area contributed by atoms with Crippen molar-refractivity contribution in [1.29, 1.82) is 0 Å². The molecule has 0 radical (unpaired) electrons. The molecule has 1 rings (SSSR count). The van der Waals surface area contributed by atoms with Crippen molar-refractivity contribution < 1.29 is 0 Å². The van der Waals surface area contributed by atoms with Crippen LogP contribution in [0.3, 0.4) is 0 Å². The highest BCUT2D eigenvalue weighted by molar-refractivity contribution is 5.10. The van der Waals surface area contributed by atoms with Crippen LogP contribution >= 0.6 is 0 Å². The molecule has 0 aromatic rings. The maximum Gasteiger partial charge on any atom is -0.0235 e. The summed E-state index contributed by atoms with van der Waals surface area (Å²) in [5, 5.41) is 0. The van der Waals surface area contributed by atoms with Crippen molar-refractivity contribution in [2.75, 3.05) is 0 Å². The first-order valence-corrected chi connectivity index (χ1v) is 6.01. The lowest BCUT2D eigenvalue weighted by molar-refractivity contribution is 0.350. The SMILES string of the molecule is CCC1(CC)C(C(C)C)C1C(C)C. The van der Waals surface area contributed by atoms with E-state index in [1.807, 2.05) is 0 Å². The predicted octanol–water partition coefficient (Wildman–Crippen LogP) is 4.35. The van der Waals surface area contributed by atoms with Crippen LogP contribution in [0.2, 0.25) is 0 Å². The van der Waals surface area contributed by atoms with Crippen molar-refractivity contribution in [1.82, 2.24) is 0 Å². The Morgan fingerprint density at radius 2 is 1.15 bits per heavy atom. The molecule has 1 fully saturated rings. The molecule has 0 nitrogen and oxygen atoms in total. The molecule has 2 atom stereocenters. The first kappa shape index (κ1) is 11.1. The summed E-state index contributed by atoms with van der Waals surface area (Å²) in [6, 6.07) is 0. The van der Waals surface area contributed by atoms with E-state index in [0.717, 1.165) is 23.7 Å². The van der Waals surface area contributed by atoms with Gasteiger partial charge in [-0.15, -0.1) is 0 Å². The Morgan fingerprint density at radius 3 is 1.23 bits per heavy atom. The van der Waals surface area contributed by atoms with Gasteiger partial charge in [-0.1, -0.05) is 41.5 Å². The van der Waals surface area contributed by atoms with Gasteiger partial charge in [0.1, 0.15) is 0 Å². The molecule has 0 aliphatic heterocycles. The number of hydrogen-bond donors (Lipinski definition) is 0. The van der Waals surface area contributed by atoms with Gasteiger partial charge in [-0.05, 0) is 41.9 Å². The summed E-state index contributed by atoms with van der Waals surface area (Å²) in [5.74, 6) is 3.77. The van der Waals surface area contributed by atoms with Gasteiger partial charge in [-0.3, -0.25) is 0 Å². The number of hydrogen-bond acceptors (Lipinski definition) is 0. The largest absolute Gasteiger partial charge is 0.0648 e. The van der Waals surface area contributed by atoms with Crippen LogP contribution in [-0.2, 0) is 0 Å². The Balaban J connectivity index is 2.75. The molecule has 0 saturated heterocycles. The smallest absolute Gasteiger partial charge is 0.0235 e. The maximum atomic E-state index is 2.40. The lowest BCUT2D eigenvalue weighted by atomic mass is 9.90. The van der Waals surface area contributed by atoms with E-state index in [4.69, 9.17) is 0 Å². The molecule has 1 aliphatic rings. The summed E-state index contributed by atoms with van der Waals surface area (Å²) in [7, 11) is 0. The molecule has 0 amide bonds. The van der Waals surface area contributed by atoms with Crippen molar-refractivity contribution in [2.45, 2.75) is 54.4 Å². The average molecular weight is 182 g/mol. The van der Waals surface area contributed by atoms with E-state index in [1.165, 1.54) is 12.8 Å². The fraction of sp³-hybridized carbons (Fsp3) is 1.00. The van der Waals surface area contributed by atoms with Crippen molar-refractivity contribution in [2.24, 2.45) is 29.1 Å². The standard InChI is InChI=1S/C13H26/c1-7-13(8-2)11(9(3)4)12(13)10(5)6/h9-12H,7-8H2,1-6H3. The van der Waals surface area contributed by atoms with Crippen LogP contribution < -0.4 is 0 Å². The summed E-state index contributed by atoms with van der Waals surface area (Å²) >= 11 is 0. The summed E-state index contributed by atoms with van der Waals surface area (Å²) in [5.41, 5.74) is 0.711. The van der Waals surface area contributed by atoms with E-state index < -0.39 is 0 Å². The molecule has 0 aromatic heterocycles. The average Bonchev–Trinajstić information content (AvgIpc) is 2.74. The molecule has 0 N–H and O–H groups in total. The van der Waals surface area contributed by atoms with Crippen molar-refractivity contribution in [3.63, 3.8) is 0 Å². The van der Waals surface area contributed by atoms with Gasteiger partial charge in [0.25, 0.3) is 0 Å². The van der Waals surface area contributed by atoms with E-state index >= 15 is 0 Å². The molecule has 0 aromatic carbocycles. The third-order valence-corrected chi connectivity index (χ3v) is 4.36. The summed E-state index contributed by atoms with van der Waals surface area (Å²) in [6.45, 7) is 14.3. The lowest BCUT2D eigenvalue weighted by Crippen LogP contribution is -2.06. The van der Waals surface area contributed by atoms with Crippen LogP contribution in [-0.4, -0.2) is 0 Å². The normalized spacial score (nSPS) is 31.4. The second-order valence-electron chi connectivity index (χ2n) is 5.48. The summed E-state index contributed by atoms with van der Waals surface area (Å²) < 4.78 is 0. The molecule has 0 spiro atoms. The van der Waals surface area contributed by atoms with Gasteiger partial charge in [-0.25, -0.2) is 0 Å². The third-order valence-electron chi connectivity index (χ3n) is 4.36. The second-order valence-corrected chi connectivity index (χ2v) is 5.48. The zero-order valence-electron chi connectivity index (χ0n) is 10.2. The van der Waals surface area contributed by atoms with Crippen LogP contribution in [0.25, 0.3) is 0 Å². The molecule has 0 bridgehead atoms. The molecule has 0 heterocycles. The predicted molar refractivity (Wildman–Crippen MR) is 59.7 cm³/mol. The Kier molecular flexibility index (Phi) is 3.09.